The Labute approximate surface area is 57.1 Å². The van der Waals surface area contributed by atoms with Crippen molar-refractivity contribution in [1.82, 2.24) is 0 Å². The van der Waals surface area contributed by atoms with E-state index >= 15 is 0 Å². The highest BCUT2D eigenvalue weighted by atomic mass is 16.6. The molecule has 0 aromatic carbocycles. The minimum atomic E-state index is -0.986. The van der Waals surface area contributed by atoms with Crippen molar-refractivity contribution in [3.63, 3.8) is 0 Å². The third kappa shape index (κ3) is 6.61. The first kappa shape index (κ1) is 8.61. The van der Waals surface area contributed by atoms with Crippen molar-refractivity contribution in [3.05, 3.63) is 22.3 Å². The Morgan fingerprint density at radius 2 is 2.20 bits per heavy atom. The summed E-state index contributed by atoms with van der Waals surface area (Å²) in [7, 11) is 0. The minimum Gasteiger partial charge on any atom is -0.481 e. The van der Waals surface area contributed by atoms with E-state index in [4.69, 9.17) is 5.11 Å². The molecular formula is C5H7NO4. The monoisotopic (exact) mass is 145 g/mol. The van der Waals surface area contributed by atoms with Crippen LogP contribution in [0.2, 0.25) is 0 Å². The van der Waals surface area contributed by atoms with Crippen LogP contribution in [0.25, 0.3) is 0 Å². The Balaban J connectivity index is 3.38. The van der Waals surface area contributed by atoms with Gasteiger partial charge >= 0.3 is 5.97 Å². The van der Waals surface area contributed by atoms with Gasteiger partial charge in [-0.3, -0.25) is 14.9 Å². The molecule has 1 N–H and O–H groups in total. The molecule has 0 aromatic heterocycles. The van der Waals surface area contributed by atoms with Crippen molar-refractivity contribution in [2.24, 2.45) is 0 Å². The second-order valence-corrected chi connectivity index (χ2v) is 1.58. The quantitative estimate of drug-likeness (QED) is 0.350. The van der Waals surface area contributed by atoms with Gasteiger partial charge in [0.2, 0.25) is 6.54 Å². The lowest BCUT2D eigenvalue weighted by atomic mass is 10.4. The summed E-state index contributed by atoms with van der Waals surface area (Å²) in [4.78, 5) is 18.9. The summed E-state index contributed by atoms with van der Waals surface area (Å²) in [5.74, 6) is -0.986. The van der Waals surface area contributed by atoms with Gasteiger partial charge in [0, 0.05) is 4.92 Å². The molecule has 0 fully saturated rings. The molecule has 5 heteroatoms. The van der Waals surface area contributed by atoms with Gasteiger partial charge in [-0.1, -0.05) is 6.08 Å². The third-order valence-electron chi connectivity index (χ3n) is 0.714. The predicted octanol–water partition coefficient (Wildman–Crippen LogP) is 0.294. The molecule has 10 heavy (non-hydrogen) atoms. The van der Waals surface area contributed by atoms with Crippen LogP contribution in [0.4, 0.5) is 0 Å². The molecule has 0 amide bonds. The topological polar surface area (TPSA) is 80.4 Å². The third-order valence-corrected chi connectivity index (χ3v) is 0.714. The van der Waals surface area contributed by atoms with Gasteiger partial charge in [-0.05, 0) is 6.08 Å². The fourth-order valence-corrected chi connectivity index (χ4v) is 0.345. The molecule has 0 aliphatic heterocycles. The number of carbonyl (C=O) groups is 1. The summed E-state index contributed by atoms with van der Waals surface area (Å²) in [6, 6.07) is 0. The minimum absolute atomic E-state index is 0.159. The molecule has 0 spiro atoms. The van der Waals surface area contributed by atoms with Gasteiger partial charge in [0.1, 0.15) is 0 Å². The number of rotatable bonds is 4. The fourth-order valence-electron chi connectivity index (χ4n) is 0.345. The molecule has 0 atom stereocenters. The van der Waals surface area contributed by atoms with Crippen LogP contribution in [0.3, 0.4) is 0 Å². The second kappa shape index (κ2) is 4.49. The molecule has 0 aromatic rings. The van der Waals surface area contributed by atoms with E-state index in [0.717, 1.165) is 0 Å². The Morgan fingerprint density at radius 3 is 2.60 bits per heavy atom. The van der Waals surface area contributed by atoms with Crippen molar-refractivity contribution in [3.8, 4) is 0 Å². The molecule has 0 aliphatic carbocycles. The molecule has 0 saturated carbocycles. The van der Waals surface area contributed by atoms with Gasteiger partial charge in [-0.25, -0.2) is 0 Å². The van der Waals surface area contributed by atoms with Crippen LogP contribution in [-0.4, -0.2) is 22.5 Å². The Morgan fingerprint density at radius 1 is 1.60 bits per heavy atom. The van der Waals surface area contributed by atoms with Crippen molar-refractivity contribution in [2.75, 3.05) is 6.54 Å². The second-order valence-electron chi connectivity index (χ2n) is 1.58. The Bertz CT molecular complexity index is 145. The normalized spacial score (nSPS) is 10.0. The van der Waals surface area contributed by atoms with Crippen LogP contribution in [-0.2, 0) is 4.79 Å². The maximum Gasteiger partial charge on any atom is 0.307 e. The van der Waals surface area contributed by atoms with Crippen LogP contribution in [0.15, 0.2) is 12.2 Å². The average molecular weight is 145 g/mol. The summed E-state index contributed by atoms with van der Waals surface area (Å²) in [5.41, 5.74) is 0. The van der Waals surface area contributed by atoms with E-state index in [1.165, 1.54) is 12.2 Å². The number of nitro groups is 1. The lowest BCUT2D eigenvalue weighted by molar-refractivity contribution is -0.468. The molecule has 56 valence electrons. The van der Waals surface area contributed by atoms with E-state index < -0.39 is 10.9 Å². The van der Waals surface area contributed by atoms with Crippen molar-refractivity contribution in [2.45, 2.75) is 6.42 Å². The average Bonchev–Trinajstić information content (AvgIpc) is 1.79. The van der Waals surface area contributed by atoms with E-state index in [1.807, 2.05) is 0 Å². The van der Waals surface area contributed by atoms with Crippen LogP contribution < -0.4 is 0 Å². The first-order valence-corrected chi connectivity index (χ1v) is 2.61. The molecule has 0 aliphatic rings. The summed E-state index contributed by atoms with van der Waals surface area (Å²) in [6.07, 6.45) is 2.31. The van der Waals surface area contributed by atoms with Crippen molar-refractivity contribution < 1.29 is 14.8 Å². The van der Waals surface area contributed by atoms with Crippen LogP contribution in [0.1, 0.15) is 6.42 Å². The lowest BCUT2D eigenvalue weighted by Gasteiger charge is -1.82. The maximum atomic E-state index is 9.82. The largest absolute Gasteiger partial charge is 0.481 e. The highest BCUT2D eigenvalue weighted by Gasteiger charge is 1.91. The summed E-state index contributed by atoms with van der Waals surface area (Å²) in [6.45, 7) is -0.312. The molecule has 0 bridgehead atoms. The van der Waals surface area contributed by atoms with E-state index in [2.05, 4.69) is 0 Å². The highest BCUT2D eigenvalue weighted by molar-refractivity contribution is 5.68. The summed E-state index contributed by atoms with van der Waals surface area (Å²) < 4.78 is 0. The Hall–Kier alpha value is -1.39. The van der Waals surface area contributed by atoms with E-state index in [1.54, 1.807) is 0 Å². The van der Waals surface area contributed by atoms with Gasteiger partial charge < -0.3 is 5.11 Å². The molecule has 0 radical (unpaired) electrons. The van der Waals surface area contributed by atoms with Crippen LogP contribution in [0, 0.1) is 10.1 Å². The SMILES string of the molecule is O=C(O)CC=CC[N+](=O)[O-]. The number of hydrogen-bond donors (Lipinski definition) is 1. The smallest absolute Gasteiger partial charge is 0.307 e. The predicted molar refractivity (Wildman–Crippen MR) is 33.3 cm³/mol. The van der Waals surface area contributed by atoms with Crippen LogP contribution >= 0.6 is 0 Å². The molecule has 0 rings (SSSR count). The lowest BCUT2D eigenvalue weighted by Crippen LogP contribution is -1.96. The number of carboxylic acid groups (broad SMARTS) is 1. The van der Waals surface area contributed by atoms with Crippen molar-refractivity contribution >= 4 is 5.97 Å². The number of carboxylic acids is 1. The van der Waals surface area contributed by atoms with Gasteiger partial charge in [0.15, 0.2) is 0 Å². The van der Waals surface area contributed by atoms with Gasteiger partial charge in [-0.15, -0.1) is 0 Å². The van der Waals surface area contributed by atoms with E-state index in [-0.39, 0.29) is 13.0 Å². The zero-order valence-corrected chi connectivity index (χ0v) is 5.19. The molecule has 0 saturated heterocycles. The molecular weight excluding hydrogens is 138 g/mol. The first-order valence-electron chi connectivity index (χ1n) is 2.61. The zero-order valence-electron chi connectivity index (χ0n) is 5.19. The Kier molecular flexibility index (Phi) is 3.86. The number of nitrogens with zero attached hydrogens (tertiary/aromatic N) is 1. The van der Waals surface area contributed by atoms with E-state index in [9.17, 15) is 14.9 Å². The van der Waals surface area contributed by atoms with Crippen LogP contribution in [0.5, 0.6) is 0 Å². The highest BCUT2D eigenvalue weighted by Crippen LogP contribution is 1.82. The van der Waals surface area contributed by atoms with Gasteiger partial charge in [-0.2, -0.15) is 0 Å². The number of aliphatic carboxylic acids is 1. The molecule has 0 heterocycles. The van der Waals surface area contributed by atoms with Crippen molar-refractivity contribution in [1.29, 1.82) is 0 Å². The maximum absolute atomic E-state index is 9.82. The molecule has 5 nitrogen and oxygen atoms in total. The fraction of sp³-hybridized carbons (Fsp3) is 0.400. The molecule has 0 unspecified atom stereocenters. The summed E-state index contributed by atoms with van der Waals surface area (Å²) in [5, 5.41) is 17.7. The van der Waals surface area contributed by atoms with Gasteiger partial charge in [0.25, 0.3) is 0 Å². The van der Waals surface area contributed by atoms with Gasteiger partial charge in [0.05, 0.1) is 6.42 Å². The number of hydrogen-bond acceptors (Lipinski definition) is 3. The zero-order chi connectivity index (χ0) is 7.98. The van der Waals surface area contributed by atoms with E-state index in [0.29, 0.717) is 0 Å². The standard InChI is InChI=1S/C5H7NO4/c7-5(8)3-1-2-4-6(9)10/h1-2H,3-4H2,(H,7,8). The first-order chi connectivity index (χ1) is 4.63. The summed E-state index contributed by atoms with van der Waals surface area (Å²) >= 11 is 0.